The number of nitrogens with zero attached hydrogens (tertiary/aromatic N) is 1. The number of ketones is 5. The van der Waals surface area contributed by atoms with Crippen LogP contribution in [0, 0.1) is 17.8 Å². The number of carboxylic acids is 1. The number of hydrogen-bond donors (Lipinski definition) is 10. The highest BCUT2D eigenvalue weighted by molar-refractivity contribution is 8.01. The molecule has 1 aromatic rings. The molecule has 6 amide bonds. The number of aliphatic carboxylic acids is 1. The molecule has 2 rings (SSSR count). The quantitative estimate of drug-likeness (QED) is 0.0263. The summed E-state index contributed by atoms with van der Waals surface area (Å²) in [6, 6.07) is 3.97. The number of amides is 6. The van der Waals surface area contributed by atoms with E-state index in [0.29, 0.717) is 38.0 Å². The number of unbranched alkanes of at least 4 members (excludes halogenated alkanes) is 1. The largest absolute Gasteiger partial charge is 0.481 e. The van der Waals surface area contributed by atoms with E-state index >= 15 is 0 Å². The van der Waals surface area contributed by atoms with E-state index in [1.165, 1.54) is 23.5 Å². The molecule has 0 aromatic heterocycles. The zero-order chi connectivity index (χ0) is 69.4. The van der Waals surface area contributed by atoms with Crippen molar-refractivity contribution < 1.29 is 81.6 Å². The number of rotatable bonds is 35. The molecule has 1 heterocycles. The Morgan fingerprint density at radius 1 is 0.624 bits per heavy atom. The van der Waals surface area contributed by atoms with Gasteiger partial charge in [-0.1, -0.05) is 71.9 Å². The summed E-state index contributed by atoms with van der Waals surface area (Å²) < 4.78 is 20.9. The van der Waals surface area contributed by atoms with Crippen LogP contribution in [0.25, 0.3) is 0 Å². The molecule has 93 heavy (non-hydrogen) atoms. The van der Waals surface area contributed by atoms with Gasteiger partial charge in [-0.05, 0) is 63.5 Å². The molecule has 14 N–H and O–H groups in total. The number of thioether (sulfide) groups is 3. The van der Waals surface area contributed by atoms with Crippen LogP contribution in [-0.4, -0.2) is 211 Å². The fraction of sp³-hybridized carbons (Fsp3) is 0.698. The van der Waals surface area contributed by atoms with Crippen LogP contribution in [0.5, 0.6) is 0 Å². The first-order valence-corrected chi connectivity index (χ1v) is 34.6. The molecule has 0 spiro atoms. The fourth-order valence-electron chi connectivity index (χ4n) is 9.15. The summed E-state index contributed by atoms with van der Waals surface area (Å²) >= 11 is 3.71. The third kappa shape index (κ3) is 40.1. The van der Waals surface area contributed by atoms with E-state index in [0.717, 1.165) is 11.8 Å². The van der Waals surface area contributed by atoms with Crippen LogP contribution in [0.15, 0.2) is 35.3 Å². The minimum Gasteiger partial charge on any atom is -0.481 e. The second-order valence-corrected chi connectivity index (χ2v) is 29.3. The normalized spacial score (nSPS) is 20.9. The Balaban J connectivity index is 2.59. The van der Waals surface area contributed by atoms with Crippen LogP contribution in [0.3, 0.4) is 0 Å². The predicted molar refractivity (Wildman–Crippen MR) is 358 cm³/mol. The van der Waals surface area contributed by atoms with Crippen molar-refractivity contribution >= 4 is 112 Å². The second-order valence-electron chi connectivity index (χ2n) is 24.6. The van der Waals surface area contributed by atoms with Crippen molar-refractivity contribution in [2.24, 2.45) is 45.7 Å². The lowest BCUT2D eigenvalue weighted by molar-refractivity contribution is -0.142. The summed E-state index contributed by atoms with van der Waals surface area (Å²) in [6.07, 6.45) is -0.224. The highest BCUT2D eigenvalue weighted by atomic mass is 32.2. The first-order valence-electron chi connectivity index (χ1n) is 31.5. The molecule has 524 valence electrons. The van der Waals surface area contributed by atoms with Crippen LogP contribution in [0.4, 0.5) is 0 Å². The summed E-state index contributed by atoms with van der Waals surface area (Å²) in [5.41, 5.74) is 22.6. The molecule has 0 unspecified atom stereocenters. The Labute approximate surface area is 559 Å². The summed E-state index contributed by atoms with van der Waals surface area (Å²) in [5.74, 6) is -12.5. The highest BCUT2D eigenvalue weighted by Gasteiger charge is 2.36. The maximum Gasteiger partial charge on any atom is 0.304 e. The molecule has 0 bridgehead atoms. The standard InChI is InChI=1S/C63H102N10O17S3/c1-62(2,3)92-38-49-53(78)32-43(29-41-15-8-7-9-16-41)58(84)71-48(51(76)20-14-24-88-26-28-89-27-25-87-23-13-18-45(74)35-90-36-54(65)79)37-91-40-55(80)70-47(19-10-11-21-64)60(86)73-50(39-93-63(4,5)6)52(77)31-42(17-12-22-68-61(66)67)57(83)69-34-46(75)30-44(33-56(81)82)59(85)72-49/h7-9,15-16,42-44,47-50H,10-14,17-40,64H2,1-6H3,(H2,65,79)(H,69,83)(H,70,80)(H,71,84)(H,72,85)(H,73,86)(H,81,82)(H4,66,67,68)/t42-,43-,44+,47+,48+,49+,50+/m1/s1. The monoisotopic (exact) mass is 1370 g/mol. The maximum atomic E-state index is 14.8. The van der Waals surface area contributed by atoms with E-state index < -0.39 is 148 Å². The summed E-state index contributed by atoms with van der Waals surface area (Å²) in [6.45, 7) is 12.0. The maximum absolute atomic E-state index is 14.8. The minimum atomic E-state index is -1.52. The number of ether oxygens (including phenoxy) is 4. The third-order valence-corrected chi connectivity index (χ3v) is 17.8. The van der Waals surface area contributed by atoms with E-state index in [1.807, 2.05) is 41.5 Å². The zero-order valence-electron chi connectivity index (χ0n) is 54.9. The molecular weight excluding hydrogens is 1260 g/mol. The van der Waals surface area contributed by atoms with Gasteiger partial charge in [0.05, 0.1) is 69.2 Å². The number of aliphatic imine (C=N–C) groups is 1. The first kappa shape index (κ1) is 83.1. The van der Waals surface area contributed by atoms with Gasteiger partial charge in [0.1, 0.15) is 19.3 Å². The predicted octanol–water partition coefficient (Wildman–Crippen LogP) is 1.73. The van der Waals surface area contributed by atoms with Gasteiger partial charge in [0.15, 0.2) is 34.9 Å². The van der Waals surface area contributed by atoms with Crippen LogP contribution in [-0.2, 0) is 82.9 Å². The van der Waals surface area contributed by atoms with Gasteiger partial charge in [0.2, 0.25) is 35.4 Å². The Hall–Kier alpha value is -6.02. The number of nitrogens with one attached hydrogen (secondary N) is 5. The van der Waals surface area contributed by atoms with Gasteiger partial charge >= 0.3 is 5.97 Å². The van der Waals surface area contributed by atoms with Crippen molar-refractivity contribution in [3.8, 4) is 0 Å². The molecule has 1 aliphatic rings. The van der Waals surface area contributed by atoms with Crippen molar-refractivity contribution in [3.05, 3.63) is 35.9 Å². The van der Waals surface area contributed by atoms with E-state index in [4.69, 9.17) is 41.9 Å². The number of hydrogen-bond acceptors (Lipinski definition) is 21. The fourth-order valence-corrected chi connectivity index (χ4v) is 11.9. The van der Waals surface area contributed by atoms with E-state index in [1.54, 1.807) is 30.3 Å². The molecule has 27 nitrogen and oxygen atoms in total. The van der Waals surface area contributed by atoms with Crippen LogP contribution in [0.1, 0.15) is 131 Å². The molecule has 1 aliphatic heterocycles. The van der Waals surface area contributed by atoms with Crippen molar-refractivity contribution in [1.29, 1.82) is 0 Å². The molecule has 0 aliphatic carbocycles. The van der Waals surface area contributed by atoms with Gasteiger partial charge in [-0.2, -0.15) is 23.5 Å². The van der Waals surface area contributed by atoms with Crippen molar-refractivity contribution in [3.63, 3.8) is 0 Å². The Morgan fingerprint density at radius 2 is 1.19 bits per heavy atom. The molecule has 7 atom stereocenters. The van der Waals surface area contributed by atoms with E-state index in [-0.39, 0.29) is 132 Å². The van der Waals surface area contributed by atoms with Gasteiger partial charge in [0, 0.05) is 90.5 Å². The number of benzene rings is 1. The van der Waals surface area contributed by atoms with E-state index in [2.05, 4.69) is 31.6 Å². The van der Waals surface area contributed by atoms with Gasteiger partial charge < -0.3 is 73.6 Å². The number of carbonyl (C=O) groups is 12. The lowest BCUT2D eigenvalue weighted by atomic mass is 9.90. The van der Waals surface area contributed by atoms with Crippen LogP contribution >= 0.6 is 35.3 Å². The number of carboxylic acid groups (broad SMARTS) is 1. The number of guanidine groups is 1. The first-order chi connectivity index (χ1) is 44.0. The molecule has 1 fully saturated rings. The zero-order valence-corrected chi connectivity index (χ0v) is 57.3. The number of nitrogens with two attached hydrogens (primary N) is 4. The van der Waals surface area contributed by atoms with Gasteiger partial charge in [-0.3, -0.25) is 62.5 Å². The second kappa shape index (κ2) is 46.2. The SMILES string of the molecule is CC(C)(C)SC[C@@H]1NC(=O)[C@H](CC(=O)O)CC(=O)CNC(=O)[C@H](CCCN=C(N)N)CC(=O)[C@H](CSC(C)(C)C)NC(=O)[C@H](CCCCN)NC(=O)CSC[C@@H](C(=O)CCCOCCOCCOCCCC(=O)COCC(N)=O)NC(=O)[C@H](Cc2ccccc2)CC1=O. The van der Waals surface area contributed by atoms with Crippen LogP contribution in [0.2, 0.25) is 0 Å². The minimum absolute atomic E-state index is 0.00950. The number of primary amides is 1. The van der Waals surface area contributed by atoms with E-state index in [9.17, 15) is 62.6 Å². The molecule has 0 saturated carbocycles. The average molecular weight is 1370 g/mol. The Bertz CT molecular complexity index is 2590. The highest BCUT2D eigenvalue weighted by Crippen LogP contribution is 2.27. The van der Waals surface area contributed by atoms with Crippen molar-refractivity contribution in [2.45, 2.75) is 165 Å². The summed E-state index contributed by atoms with van der Waals surface area (Å²) in [4.78, 5) is 167. The molecule has 1 aromatic carbocycles. The third-order valence-electron chi connectivity index (χ3n) is 14.0. The van der Waals surface area contributed by atoms with Gasteiger partial charge in [-0.25, -0.2) is 0 Å². The summed E-state index contributed by atoms with van der Waals surface area (Å²) in [7, 11) is 0. The average Bonchev–Trinajstić information content (AvgIpc) is 2.07. The lowest BCUT2D eigenvalue weighted by Crippen LogP contribution is -2.53. The molecule has 30 heteroatoms. The number of Topliss-reactive ketones (excluding diaryl/α,β-unsaturated/α-hetero) is 5. The Morgan fingerprint density at radius 3 is 1.76 bits per heavy atom. The molecule has 1 saturated heterocycles. The van der Waals surface area contributed by atoms with Gasteiger partial charge in [-0.15, -0.1) is 11.8 Å². The smallest absolute Gasteiger partial charge is 0.304 e. The van der Waals surface area contributed by atoms with Crippen LogP contribution < -0.4 is 49.5 Å². The molecular formula is C63H102N10O17S3. The Kier molecular flexibility index (Phi) is 41.2. The van der Waals surface area contributed by atoms with Gasteiger partial charge in [0.25, 0.3) is 0 Å². The van der Waals surface area contributed by atoms with Crippen molar-refractivity contribution in [1.82, 2.24) is 26.6 Å². The lowest BCUT2D eigenvalue weighted by Gasteiger charge is -2.27. The summed E-state index contributed by atoms with van der Waals surface area (Å²) in [5, 5.41) is 23.7. The number of carbonyl (C=O) groups excluding carboxylic acids is 11. The topological polar surface area (TPSA) is 439 Å². The molecule has 0 radical (unpaired) electrons. The van der Waals surface area contributed by atoms with Crippen molar-refractivity contribution in [2.75, 3.05) is 95.5 Å².